The maximum Gasteiger partial charge on any atom is 0.270 e. The number of aromatic nitrogens is 1. The van der Waals surface area contributed by atoms with Crippen LogP contribution in [0, 0.1) is 5.92 Å². The van der Waals surface area contributed by atoms with Gasteiger partial charge in [-0.25, -0.2) is 0 Å². The molecule has 1 aromatic heterocycles. The molecule has 1 atom stereocenters. The Kier molecular flexibility index (Phi) is 4.88. The predicted molar refractivity (Wildman–Crippen MR) is 75.5 cm³/mol. The van der Waals surface area contributed by atoms with Crippen LogP contribution in [0.15, 0.2) is 12.3 Å². The highest BCUT2D eigenvalue weighted by Crippen LogP contribution is 2.21. The lowest BCUT2D eigenvalue weighted by Crippen LogP contribution is -2.30. The molecule has 2 rings (SSSR count). The molecule has 1 amide bonds. The van der Waals surface area contributed by atoms with Crippen molar-refractivity contribution in [3.63, 3.8) is 0 Å². The van der Waals surface area contributed by atoms with Crippen molar-refractivity contribution in [2.45, 2.75) is 19.8 Å². The van der Waals surface area contributed by atoms with Crippen molar-refractivity contribution in [3.8, 4) is 0 Å². The zero-order valence-corrected chi connectivity index (χ0v) is 12.3. The monoisotopic (exact) mass is 284 g/mol. The number of carbonyl (C=O) groups excluding carboxylic acids is 1. The normalized spacial score (nSPS) is 19.1. The molecule has 2 heterocycles. The molecule has 106 valence electrons. The molecule has 0 radical (unpaired) electrons. The first-order chi connectivity index (χ1) is 9.11. The van der Waals surface area contributed by atoms with Crippen molar-refractivity contribution in [1.82, 2.24) is 9.47 Å². The molecule has 1 aromatic rings. The average Bonchev–Trinajstić information content (AvgIpc) is 2.96. The largest absolute Gasteiger partial charge is 0.381 e. The van der Waals surface area contributed by atoms with Crippen molar-refractivity contribution < 1.29 is 9.53 Å². The zero-order valence-electron chi connectivity index (χ0n) is 11.6. The Labute approximate surface area is 119 Å². The first-order valence-electron chi connectivity index (χ1n) is 6.80. The van der Waals surface area contributed by atoms with E-state index in [-0.39, 0.29) is 5.91 Å². The molecular weight excluding hydrogens is 264 g/mol. The molecule has 1 fully saturated rings. The van der Waals surface area contributed by atoms with Crippen LogP contribution in [0.5, 0.6) is 0 Å². The van der Waals surface area contributed by atoms with Gasteiger partial charge in [0.2, 0.25) is 0 Å². The molecule has 5 heteroatoms. The number of halogens is 1. The van der Waals surface area contributed by atoms with Gasteiger partial charge in [0.1, 0.15) is 5.69 Å². The lowest BCUT2D eigenvalue weighted by molar-refractivity contribution is 0.0746. The van der Waals surface area contributed by atoms with Gasteiger partial charge in [-0.3, -0.25) is 4.79 Å². The second-order valence-electron chi connectivity index (χ2n) is 5.14. The highest BCUT2D eigenvalue weighted by atomic mass is 35.5. The summed E-state index contributed by atoms with van der Waals surface area (Å²) in [6.45, 7) is 5.25. The minimum atomic E-state index is 0.0624. The molecule has 1 aliphatic heterocycles. The summed E-state index contributed by atoms with van der Waals surface area (Å²) in [7, 11) is 1.84. The van der Waals surface area contributed by atoms with E-state index in [2.05, 4.69) is 6.92 Å². The third-order valence-corrected chi connectivity index (χ3v) is 3.67. The summed E-state index contributed by atoms with van der Waals surface area (Å²) in [6, 6.07) is 1.73. The van der Waals surface area contributed by atoms with Crippen LogP contribution in [0.4, 0.5) is 0 Å². The number of ether oxygens (including phenoxy) is 1. The number of hydrogen-bond donors (Lipinski definition) is 0. The van der Waals surface area contributed by atoms with Crippen LogP contribution in [-0.4, -0.2) is 41.7 Å². The van der Waals surface area contributed by atoms with Crippen molar-refractivity contribution in [2.75, 3.05) is 26.3 Å². The molecule has 0 aromatic carbocycles. The average molecular weight is 285 g/mol. The van der Waals surface area contributed by atoms with E-state index in [1.54, 1.807) is 16.8 Å². The van der Waals surface area contributed by atoms with E-state index < -0.39 is 0 Å². The van der Waals surface area contributed by atoms with Gasteiger partial charge in [-0.15, -0.1) is 0 Å². The molecule has 0 bridgehead atoms. The minimum Gasteiger partial charge on any atom is -0.381 e. The minimum absolute atomic E-state index is 0.0624. The van der Waals surface area contributed by atoms with Crippen LogP contribution in [0.2, 0.25) is 5.02 Å². The number of rotatable bonds is 5. The fourth-order valence-electron chi connectivity index (χ4n) is 2.45. The molecule has 0 unspecified atom stereocenters. The smallest absolute Gasteiger partial charge is 0.270 e. The summed E-state index contributed by atoms with van der Waals surface area (Å²) in [5, 5.41) is 0.605. The van der Waals surface area contributed by atoms with Crippen molar-refractivity contribution in [2.24, 2.45) is 13.0 Å². The summed E-state index contributed by atoms with van der Waals surface area (Å²) in [6.07, 6.45) is 3.82. The Morgan fingerprint density at radius 2 is 2.37 bits per heavy atom. The lowest BCUT2D eigenvalue weighted by Gasteiger charge is -2.17. The van der Waals surface area contributed by atoms with Crippen LogP contribution in [-0.2, 0) is 11.8 Å². The van der Waals surface area contributed by atoms with Crippen molar-refractivity contribution >= 4 is 17.5 Å². The summed E-state index contributed by atoms with van der Waals surface area (Å²) < 4.78 is 7.35. The number of amides is 1. The standard InChI is InChI=1S/C14H21ClN2O2/c1-3-6-19-10-11-4-5-17(8-11)14(18)13-7-12(15)9-16(13)2/h7,9,11H,3-6,8,10H2,1-2H3/t11-/m0/s1. The molecular formula is C14H21ClN2O2. The van der Waals surface area contributed by atoms with E-state index in [4.69, 9.17) is 16.3 Å². The molecule has 0 aliphatic carbocycles. The van der Waals surface area contributed by atoms with Crippen LogP contribution in [0.1, 0.15) is 30.3 Å². The Bertz CT molecular complexity index is 445. The first-order valence-corrected chi connectivity index (χ1v) is 7.18. The SMILES string of the molecule is CCCOC[C@H]1CCN(C(=O)c2cc(Cl)cn2C)C1. The third kappa shape index (κ3) is 3.51. The molecule has 0 N–H and O–H groups in total. The van der Waals surface area contributed by atoms with Crippen molar-refractivity contribution in [1.29, 1.82) is 0 Å². The second-order valence-corrected chi connectivity index (χ2v) is 5.57. The van der Waals surface area contributed by atoms with Gasteiger partial charge in [-0.1, -0.05) is 18.5 Å². The topological polar surface area (TPSA) is 34.5 Å². The fourth-order valence-corrected chi connectivity index (χ4v) is 2.70. The van der Waals surface area contributed by atoms with Gasteiger partial charge in [0.15, 0.2) is 0 Å². The number of hydrogen-bond acceptors (Lipinski definition) is 2. The number of likely N-dealkylation sites (tertiary alicyclic amines) is 1. The number of carbonyl (C=O) groups is 1. The molecule has 1 aliphatic rings. The summed E-state index contributed by atoms with van der Waals surface area (Å²) in [5.41, 5.74) is 0.653. The Morgan fingerprint density at radius 1 is 1.58 bits per heavy atom. The van der Waals surface area contributed by atoms with Gasteiger partial charge in [0.05, 0.1) is 11.6 Å². The predicted octanol–water partition coefficient (Wildman–Crippen LogP) is 2.57. The zero-order chi connectivity index (χ0) is 13.8. The molecule has 1 saturated heterocycles. The van der Waals surface area contributed by atoms with Gasteiger partial charge in [-0.2, -0.15) is 0 Å². The van der Waals surface area contributed by atoms with Gasteiger partial charge in [-0.05, 0) is 18.9 Å². The number of nitrogens with zero attached hydrogens (tertiary/aromatic N) is 2. The quantitative estimate of drug-likeness (QED) is 0.779. The molecule has 4 nitrogen and oxygen atoms in total. The van der Waals surface area contributed by atoms with Gasteiger partial charge in [0.25, 0.3) is 5.91 Å². The van der Waals surface area contributed by atoms with E-state index in [0.717, 1.165) is 39.1 Å². The summed E-state index contributed by atoms with van der Waals surface area (Å²) >= 11 is 5.92. The van der Waals surface area contributed by atoms with E-state index in [9.17, 15) is 4.79 Å². The van der Waals surface area contributed by atoms with Crippen LogP contribution in [0.3, 0.4) is 0 Å². The van der Waals surface area contributed by atoms with Crippen molar-refractivity contribution in [3.05, 3.63) is 23.0 Å². The second kappa shape index (κ2) is 6.44. The maximum absolute atomic E-state index is 12.4. The molecule has 0 saturated carbocycles. The Morgan fingerprint density at radius 3 is 3.00 bits per heavy atom. The first kappa shape index (κ1) is 14.4. The van der Waals surface area contributed by atoms with Gasteiger partial charge < -0.3 is 14.2 Å². The summed E-state index contributed by atoms with van der Waals surface area (Å²) in [4.78, 5) is 14.3. The Hall–Kier alpha value is -1.00. The maximum atomic E-state index is 12.4. The van der Waals surface area contributed by atoms with Crippen LogP contribution in [0.25, 0.3) is 0 Å². The van der Waals surface area contributed by atoms with Gasteiger partial charge in [0, 0.05) is 38.9 Å². The van der Waals surface area contributed by atoms with E-state index >= 15 is 0 Å². The molecule has 19 heavy (non-hydrogen) atoms. The van der Waals surface area contributed by atoms with Gasteiger partial charge >= 0.3 is 0 Å². The summed E-state index contributed by atoms with van der Waals surface area (Å²) in [5.74, 6) is 0.527. The highest BCUT2D eigenvalue weighted by Gasteiger charge is 2.28. The number of aryl methyl sites for hydroxylation is 1. The molecule has 0 spiro atoms. The lowest BCUT2D eigenvalue weighted by atomic mass is 10.1. The van der Waals surface area contributed by atoms with Crippen LogP contribution >= 0.6 is 11.6 Å². The van der Waals surface area contributed by atoms with E-state index in [1.165, 1.54) is 0 Å². The highest BCUT2D eigenvalue weighted by molar-refractivity contribution is 6.31. The van der Waals surface area contributed by atoms with E-state index in [1.807, 2.05) is 11.9 Å². The van der Waals surface area contributed by atoms with Crippen LogP contribution < -0.4 is 0 Å². The Balaban J connectivity index is 1.90. The van der Waals surface area contributed by atoms with E-state index in [0.29, 0.717) is 16.6 Å². The third-order valence-electron chi connectivity index (χ3n) is 3.47. The fraction of sp³-hybridized carbons (Fsp3) is 0.643.